The topological polar surface area (TPSA) is 62.6 Å². The van der Waals surface area contributed by atoms with Crippen LogP contribution in [0.25, 0.3) is 0 Å². The first-order valence-electron chi connectivity index (χ1n) is 10.4. The molecular weight excluding hydrogens is 354 g/mol. The summed E-state index contributed by atoms with van der Waals surface area (Å²) in [6, 6.07) is 1.78. The normalized spacial score (nSPS) is 20.1. The third-order valence-corrected chi connectivity index (χ3v) is 6.29. The van der Waals surface area contributed by atoms with Crippen LogP contribution in [0, 0.1) is 13.8 Å². The molecule has 0 aromatic carbocycles. The number of nitrogens with zero attached hydrogens (tertiary/aromatic N) is 3. The van der Waals surface area contributed by atoms with Gasteiger partial charge in [-0.15, -0.1) is 0 Å². The van der Waals surface area contributed by atoms with Gasteiger partial charge in [0.25, 0.3) is 5.91 Å². The standard InChI is InChI=1S/C22H29N3O3/c1-15-12-19(16(2)23(15)11-10-17-6-4-3-5-7-17)20(26)13-25-21(27)14-24(22(25)28)18-8-9-18/h6,12,18H,3-5,7-11,13-14H2,1-2H3. The SMILES string of the molecule is Cc1cc(C(=O)CN2C(=O)CN(C3CC3)C2=O)c(C)n1CCC1=CCCCC1. The molecule has 3 amide bonds. The van der Waals surface area contributed by atoms with Gasteiger partial charge in [-0.2, -0.15) is 0 Å². The Labute approximate surface area is 166 Å². The van der Waals surface area contributed by atoms with Gasteiger partial charge in [-0.1, -0.05) is 11.6 Å². The Bertz CT molecular complexity index is 847. The minimum Gasteiger partial charge on any atom is -0.348 e. The molecule has 150 valence electrons. The molecule has 2 heterocycles. The zero-order chi connectivity index (χ0) is 19.8. The highest BCUT2D eigenvalue weighted by Gasteiger charge is 2.44. The maximum absolute atomic E-state index is 12.9. The number of hydrogen-bond acceptors (Lipinski definition) is 3. The number of carbonyl (C=O) groups is 3. The van der Waals surface area contributed by atoms with Crippen molar-refractivity contribution in [3.63, 3.8) is 0 Å². The van der Waals surface area contributed by atoms with Gasteiger partial charge < -0.3 is 9.47 Å². The van der Waals surface area contributed by atoms with Crippen LogP contribution in [0.5, 0.6) is 0 Å². The van der Waals surface area contributed by atoms with Crippen molar-refractivity contribution < 1.29 is 14.4 Å². The van der Waals surface area contributed by atoms with E-state index in [9.17, 15) is 14.4 Å². The maximum atomic E-state index is 12.9. The van der Waals surface area contributed by atoms with Crippen molar-refractivity contribution in [2.45, 2.75) is 71.4 Å². The van der Waals surface area contributed by atoms with E-state index in [0.29, 0.717) is 5.56 Å². The summed E-state index contributed by atoms with van der Waals surface area (Å²) in [6.45, 7) is 4.80. The quantitative estimate of drug-likeness (QED) is 0.411. The molecule has 0 spiro atoms. The first kappa shape index (κ1) is 19.0. The van der Waals surface area contributed by atoms with Gasteiger partial charge in [-0.3, -0.25) is 14.5 Å². The van der Waals surface area contributed by atoms with Crippen LogP contribution in [0.3, 0.4) is 0 Å². The lowest BCUT2D eigenvalue weighted by atomic mass is 9.97. The Hall–Kier alpha value is -2.37. The van der Waals surface area contributed by atoms with E-state index in [0.717, 1.165) is 42.1 Å². The molecule has 0 N–H and O–H groups in total. The van der Waals surface area contributed by atoms with Crippen molar-refractivity contribution in [1.82, 2.24) is 14.4 Å². The van der Waals surface area contributed by atoms with Gasteiger partial charge in [0.2, 0.25) is 0 Å². The number of urea groups is 1. The second-order valence-corrected chi connectivity index (χ2v) is 8.34. The van der Waals surface area contributed by atoms with Gasteiger partial charge in [0.1, 0.15) is 6.54 Å². The van der Waals surface area contributed by atoms with Crippen LogP contribution in [0.4, 0.5) is 4.79 Å². The molecule has 1 saturated heterocycles. The summed E-state index contributed by atoms with van der Waals surface area (Å²) in [4.78, 5) is 40.3. The van der Waals surface area contributed by atoms with Crippen molar-refractivity contribution in [3.8, 4) is 0 Å². The summed E-state index contributed by atoms with van der Waals surface area (Å²) < 4.78 is 2.19. The molecule has 1 saturated carbocycles. The number of aromatic nitrogens is 1. The van der Waals surface area contributed by atoms with E-state index in [4.69, 9.17) is 0 Å². The highest BCUT2D eigenvalue weighted by atomic mass is 16.2. The van der Waals surface area contributed by atoms with E-state index in [1.165, 1.54) is 31.3 Å². The molecule has 1 aromatic rings. The van der Waals surface area contributed by atoms with E-state index in [1.54, 1.807) is 4.90 Å². The summed E-state index contributed by atoms with van der Waals surface area (Å²) in [5, 5.41) is 0. The zero-order valence-corrected chi connectivity index (χ0v) is 16.9. The molecule has 6 nitrogen and oxygen atoms in total. The lowest BCUT2D eigenvalue weighted by Crippen LogP contribution is -2.37. The maximum Gasteiger partial charge on any atom is 0.327 e. The van der Waals surface area contributed by atoms with E-state index >= 15 is 0 Å². The molecule has 0 unspecified atom stereocenters. The van der Waals surface area contributed by atoms with Gasteiger partial charge in [-0.05, 0) is 64.9 Å². The zero-order valence-electron chi connectivity index (χ0n) is 16.9. The first-order chi connectivity index (χ1) is 13.5. The summed E-state index contributed by atoms with van der Waals surface area (Å²) in [5.41, 5.74) is 4.12. The number of ketones is 1. The van der Waals surface area contributed by atoms with Crippen molar-refractivity contribution in [3.05, 3.63) is 34.7 Å². The Balaban J connectivity index is 1.43. The van der Waals surface area contributed by atoms with Crippen molar-refractivity contribution in [1.29, 1.82) is 0 Å². The largest absolute Gasteiger partial charge is 0.348 e. The molecule has 0 bridgehead atoms. The van der Waals surface area contributed by atoms with Crippen molar-refractivity contribution >= 4 is 17.7 Å². The Morgan fingerprint density at radius 2 is 1.96 bits per heavy atom. The number of allylic oxidation sites excluding steroid dienone is 2. The molecule has 28 heavy (non-hydrogen) atoms. The van der Waals surface area contributed by atoms with Crippen molar-refractivity contribution in [2.75, 3.05) is 13.1 Å². The molecule has 6 heteroatoms. The van der Waals surface area contributed by atoms with Crippen LogP contribution in [0.1, 0.15) is 66.7 Å². The van der Waals surface area contributed by atoms with Crippen LogP contribution in [-0.4, -0.2) is 51.2 Å². The molecule has 2 aliphatic carbocycles. The predicted octanol–water partition coefficient (Wildman–Crippen LogP) is 3.60. The summed E-state index contributed by atoms with van der Waals surface area (Å²) >= 11 is 0. The van der Waals surface area contributed by atoms with E-state index < -0.39 is 0 Å². The van der Waals surface area contributed by atoms with Gasteiger partial charge in [-0.25, -0.2) is 4.79 Å². The second kappa shape index (κ2) is 7.57. The summed E-state index contributed by atoms with van der Waals surface area (Å²) in [6.07, 6.45) is 10.2. The number of Topliss-reactive ketones (excluding diaryl/α,β-unsaturated/α-hetero) is 1. The highest BCUT2D eigenvalue weighted by Crippen LogP contribution is 2.30. The lowest BCUT2D eigenvalue weighted by Gasteiger charge is -2.16. The Morgan fingerprint density at radius 3 is 2.64 bits per heavy atom. The third kappa shape index (κ3) is 3.64. The average Bonchev–Trinajstić information content (AvgIpc) is 3.44. The molecule has 1 aromatic heterocycles. The molecule has 4 rings (SSSR count). The third-order valence-electron chi connectivity index (χ3n) is 6.29. The Kier molecular flexibility index (Phi) is 5.13. The second-order valence-electron chi connectivity index (χ2n) is 8.34. The lowest BCUT2D eigenvalue weighted by molar-refractivity contribution is -0.125. The smallest absolute Gasteiger partial charge is 0.327 e. The molecule has 0 radical (unpaired) electrons. The average molecular weight is 383 g/mol. The number of carbonyl (C=O) groups excluding carboxylic acids is 3. The fourth-order valence-electron chi connectivity index (χ4n) is 4.43. The van der Waals surface area contributed by atoms with Gasteiger partial charge in [0, 0.05) is 29.5 Å². The van der Waals surface area contributed by atoms with E-state index in [-0.39, 0.29) is 36.9 Å². The summed E-state index contributed by atoms with van der Waals surface area (Å²) in [5.74, 6) is -0.418. The number of aryl methyl sites for hydroxylation is 1. The molecule has 2 fully saturated rings. The predicted molar refractivity (Wildman–Crippen MR) is 106 cm³/mol. The Morgan fingerprint density at radius 1 is 1.18 bits per heavy atom. The fourth-order valence-corrected chi connectivity index (χ4v) is 4.43. The minimum atomic E-state index is -0.307. The van der Waals surface area contributed by atoms with Crippen LogP contribution < -0.4 is 0 Å². The van der Waals surface area contributed by atoms with Crippen LogP contribution >= 0.6 is 0 Å². The highest BCUT2D eigenvalue weighted by molar-refractivity contribution is 6.08. The number of amides is 3. The monoisotopic (exact) mass is 383 g/mol. The summed E-state index contributed by atoms with van der Waals surface area (Å²) in [7, 11) is 0. The first-order valence-corrected chi connectivity index (χ1v) is 10.4. The van der Waals surface area contributed by atoms with Gasteiger partial charge >= 0.3 is 6.03 Å². The van der Waals surface area contributed by atoms with Gasteiger partial charge in [0.15, 0.2) is 5.78 Å². The van der Waals surface area contributed by atoms with Crippen LogP contribution in [-0.2, 0) is 11.3 Å². The van der Waals surface area contributed by atoms with E-state index in [1.807, 2.05) is 19.9 Å². The van der Waals surface area contributed by atoms with Crippen molar-refractivity contribution in [2.24, 2.45) is 0 Å². The van der Waals surface area contributed by atoms with E-state index in [2.05, 4.69) is 10.6 Å². The van der Waals surface area contributed by atoms with Crippen LogP contribution in [0.2, 0.25) is 0 Å². The van der Waals surface area contributed by atoms with Crippen LogP contribution in [0.15, 0.2) is 17.7 Å². The molecule has 1 aliphatic heterocycles. The number of imide groups is 1. The fraction of sp³-hybridized carbons (Fsp3) is 0.591. The number of rotatable bonds is 7. The van der Waals surface area contributed by atoms with Gasteiger partial charge in [0.05, 0.1) is 6.54 Å². The molecule has 3 aliphatic rings. The molecule has 0 atom stereocenters. The molecular formula is C22H29N3O3. The number of hydrogen-bond donors (Lipinski definition) is 0. The minimum absolute atomic E-state index is 0.116.